The summed E-state index contributed by atoms with van der Waals surface area (Å²) in [5.41, 5.74) is 0. The van der Waals surface area contributed by atoms with E-state index in [2.05, 4.69) is 5.32 Å². The number of nitrogens with one attached hydrogen (secondary N) is 1. The van der Waals surface area contributed by atoms with Crippen LogP contribution in [-0.4, -0.2) is 28.8 Å². The third kappa shape index (κ3) is 4.47. The van der Waals surface area contributed by atoms with Gasteiger partial charge in [0.05, 0.1) is 0 Å². The Bertz CT molecular complexity index is 338. The Labute approximate surface area is 107 Å². The van der Waals surface area contributed by atoms with Crippen molar-refractivity contribution in [2.45, 2.75) is 52.0 Å². The fourth-order valence-corrected chi connectivity index (χ4v) is 2.33. The molecule has 1 aliphatic carbocycles. The molecule has 1 rings (SSSR count). The molecule has 1 amide bonds. The first-order valence-corrected chi connectivity index (χ1v) is 6.44. The second kappa shape index (κ2) is 6.52. The molecule has 18 heavy (non-hydrogen) atoms. The quantitative estimate of drug-likeness (QED) is 0.777. The lowest BCUT2D eigenvalue weighted by molar-refractivity contribution is -0.144. The summed E-state index contributed by atoms with van der Waals surface area (Å²) in [5, 5.41) is 11.7. The molecule has 0 aliphatic heterocycles. The third-order valence-corrected chi connectivity index (χ3v) is 3.17. The highest BCUT2D eigenvalue weighted by molar-refractivity contribution is 5.85. The average Bonchev–Trinajstić information content (AvgIpc) is 2.24. The van der Waals surface area contributed by atoms with Crippen molar-refractivity contribution in [3.8, 4) is 0 Å². The maximum absolute atomic E-state index is 11.6. The van der Waals surface area contributed by atoms with Crippen LogP contribution in [0.2, 0.25) is 0 Å². The molecule has 0 saturated heterocycles. The van der Waals surface area contributed by atoms with Crippen LogP contribution in [0.15, 0.2) is 0 Å². The zero-order valence-electron chi connectivity index (χ0n) is 10.9. The predicted molar refractivity (Wildman–Crippen MR) is 66.0 cm³/mol. The van der Waals surface area contributed by atoms with E-state index in [-0.39, 0.29) is 29.9 Å². The molecule has 0 aromatic carbocycles. The van der Waals surface area contributed by atoms with E-state index in [9.17, 15) is 14.4 Å². The largest absolute Gasteiger partial charge is 0.480 e. The van der Waals surface area contributed by atoms with Crippen LogP contribution in [0.25, 0.3) is 0 Å². The number of carbonyl (C=O) groups is 3. The van der Waals surface area contributed by atoms with E-state index < -0.39 is 12.0 Å². The van der Waals surface area contributed by atoms with E-state index in [0.717, 1.165) is 0 Å². The highest BCUT2D eigenvalue weighted by atomic mass is 16.4. The fourth-order valence-electron chi connectivity index (χ4n) is 2.33. The minimum Gasteiger partial charge on any atom is -0.480 e. The van der Waals surface area contributed by atoms with Crippen molar-refractivity contribution in [1.29, 1.82) is 0 Å². The first kappa shape index (κ1) is 14.7. The molecule has 0 aromatic rings. The van der Waals surface area contributed by atoms with Crippen molar-refractivity contribution in [2.75, 3.05) is 0 Å². The molecule has 1 saturated carbocycles. The Hall–Kier alpha value is -1.39. The van der Waals surface area contributed by atoms with Crippen molar-refractivity contribution in [3.63, 3.8) is 0 Å². The van der Waals surface area contributed by atoms with Crippen LogP contribution in [0.1, 0.15) is 46.0 Å². The number of carboxylic acids is 1. The summed E-state index contributed by atoms with van der Waals surface area (Å²) in [6.07, 6.45) is 2.50. The normalized spacial score (nSPS) is 21.7. The van der Waals surface area contributed by atoms with Crippen LogP contribution in [0.4, 0.5) is 0 Å². The Morgan fingerprint density at radius 3 is 2.61 bits per heavy atom. The fraction of sp³-hybridized carbons (Fsp3) is 0.769. The van der Waals surface area contributed by atoms with Crippen LogP contribution < -0.4 is 5.32 Å². The van der Waals surface area contributed by atoms with Gasteiger partial charge in [0.1, 0.15) is 11.8 Å². The molecule has 0 aromatic heterocycles. The number of amides is 1. The van der Waals surface area contributed by atoms with Gasteiger partial charge in [-0.1, -0.05) is 13.8 Å². The Morgan fingerprint density at radius 2 is 2.11 bits per heavy atom. The van der Waals surface area contributed by atoms with Crippen LogP contribution in [-0.2, 0) is 14.4 Å². The number of carbonyl (C=O) groups excluding carboxylic acids is 2. The molecule has 5 nitrogen and oxygen atoms in total. The summed E-state index contributed by atoms with van der Waals surface area (Å²) in [4.78, 5) is 34.2. The summed E-state index contributed by atoms with van der Waals surface area (Å²) >= 11 is 0. The van der Waals surface area contributed by atoms with Crippen LogP contribution in [0, 0.1) is 11.8 Å². The van der Waals surface area contributed by atoms with Gasteiger partial charge in [0.25, 0.3) is 0 Å². The van der Waals surface area contributed by atoms with Gasteiger partial charge in [-0.15, -0.1) is 0 Å². The second-order valence-corrected chi connectivity index (χ2v) is 5.38. The van der Waals surface area contributed by atoms with Gasteiger partial charge in [-0.25, -0.2) is 4.79 Å². The van der Waals surface area contributed by atoms with E-state index in [1.54, 1.807) is 0 Å². The van der Waals surface area contributed by atoms with E-state index in [1.807, 2.05) is 13.8 Å². The average molecular weight is 255 g/mol. The third-order valence-electron chi connectivity index (χ3n) is 3.17. The van der Waals surface area contributed by atoms with Gasteiger partial charge in [-0.3, -0.25) is 9.59 Å². The molecule has 2 atom stereocenters. The highest BCUT2D eigenvalue weighted by Crippen LogP contribution is 2.24. The molecule has 5 heteroatoms. The Morgan fingerprint density at radius 1 is 1.44 bits per heavy atom. The van der Waals surface area contributed by atoms with Gasteiger partial charge in [-0.05, 0) is 24.7 Å². The number of carboxylic acid groups (broad SMARTS) is 1. The molecule has 0 unspecified atom stereocenters. The lowest BCUT2D eigenvalue weighted by Crippen LogP contribution is -2.47. The smallest absolute Gasteiger partial charge is 0.326 e. The highest BCUT2D eigenvalue weighted by Gasteiger charge is 2.33. The molecule has 1 aliphatic rings. The molecule has 1 fully saturated rings. The van der Waals surface area contributed by atoms with E-state index >= 15 is 0 Å². The number of Topliss-reactive ketones (excluding diaryl/α,β-unsaturated/α-hetero) is 1. The minimum atomic E-state index is -1.05. The van der Waals surface area contributed by atoms with Gasteiger partial charge in [-0.2, -0.15) is 0 Å². The predicted octanol–water partition coefficient (Wildman–Crippen LogP) is 1.36. The lowest BCUT2D eigenvalue weighted by atomic mass is 9.83. The van der Waals surface area contributed by atoms with Gasteiger partial charge in [0.2, 0.25) is 5.91 Å². The maximum Gasteiger partial charge on any atom is 0.326 e. The molecule has 0 heterocycles. The monoisotopic (exact) mass is 255 g/mol. The lowest BCUT2D eigenvalue weighted by Gasteiger charge is -2.27. The molecular weight excluding hydrogens is 234 g/mol. The molecule has 0 spiro atoms. The van der Waals surface area contributed by atoms with Crippen molar-refractivity contribution in [1.82, 2.24) is 5.32 Å². The summed E-state index contributed by atoms with van der Waals surface area (Å²) in [5.74, 6) is -1.29. The van der Waals surface area contributed by atoms with Crippen LogP contribution >= 0.6 is 0 Å². The van der Waals surface area contributed by atoms with Crippen molar-refractivity contribution < 1.29 is 19.5 Å². The Kier molecular flexibility index (Phi) is 5.31. The number of hydrogen-bond donors (Lipinski definition) is 2. The topological polar surface area (TPSA) is 83.5 Å². The van der Waals surface area contributed by atoms with E-state index in [0.29, 0.717) is 25.7 Å². The van der Waals surface area contributed by atoms with Gasteiger partial charge >= 0.3 is 5.97 Å². The minimum absolute atomic E-state index is 0.0932. The SMILES string of the molecule is CC(C)CC(=O)N[C@@H](C(=O)O)[C@@H]1CCCC(=O)C1. The molecule has 0 bridgehead atoms. The summed E-state index contributed by atoms with van der Waals surface area (Å²) in [7, 11) is 0. The van der Waals surface area contributed by atoms with Crippen molar-refractivity contribution in [2.24, 2.45) is 11.8 Å². The molecule has 0 radical (unpaired) electrons. The number of aliphatic carboxylic acids is 1. The number of ketones is 1. The van der Waals surface area contributed by atoms with Crippen LogP contribution in [0.3, 0.4) is 0 Å². The number of rotatable bonds is 5. The summed E-state index contributed by atoms with van der Waals surface area (Å²) in [6.45, 7) is 3.80. The van der Waals surface area contributed by atoms with Gasteiger partial charge in [0, 0.05) is 19.3 Å². The Balaban J connectivity index is 2.62. The zero-order valence-corrected chi connectivity index (χ0v) is 10.9. The maximum atomic E-state index is 11.6. The van der Waals surface area contributed by atoms with E-state index in [4.69, 9.17) is 5.11 Å². The summed E-state index contributed by atoms with van der Waals surface area (Å²) < 4.78 is 0. The van der Waals surface area contributed by atoms with Crippen molar-refractivity contribution >= 4 is 17.7 Å². The van der Waals surface area contributed by atoms with Gasteiger partial charge < -0.3 is 10.4 Å². The zero-order chi connectivity index (χ0) is 13.7. The molecular formula is C13H21NO4. The first-order chi connectivity index (χ1) is 8.40. The van der Waals surface area contributed by atoms with Gasteiger partial charge in [0.15, 0.2) is 0 Å². The van der Waals surface area contributed by atoms with Crippen molar-refractivity contribution in [3.05, 3.63) is 0 Å². The van der Waals surface area contributed by atoms with E-state index in [1.165, 1.54) is 0 Å². The van der Waals surface area contributed by atoms with Crippen LogP contribution in [0.5, 0.6) is 0 Å². The summed E-state index contributed by atoms with van der Waals surface area (Å²) in [6, 6.07) is -0.930. The second-order valence-electron chi connectivity index (χ2n) is 5.38. The molecule has 102 valence electrons. The standard InChI is InChI=1S/C13H21NO4/c1-8(2)6-11(16)14-12(13(17)18)9-4-3-5-10(15)7-9/h8-9,12H,3-7H2,1-2H3,(H,14,16)(H,17,18)/t9-,12-/m1/s1. The molecule has 2 N–H and O–H groups in total. The number of hydrogen-bond acceptors (Lipinski definition) is 3. The first-order valence-electron chi connectivity index (χ1n) is 6.44.